The fraction of sp³-hybridized carbons (Fsp3) is 0.273. The van der Waals surface area contributed by atoms with Gasteiger partial charge in [0.05, 0.1) is 30.5 Å². The normalized spacial score (nSPS) is 10.6. The summed E-state index contributed by atoms with van der Waals surface area (Å²) in [6, 6.07) is 12.8. The van der Waals surface area contributed by atoms with Crippen LogP contribution in [0.4, 0.5) is 5.69 Å². The number of nitro benzene ring substituents is 1. The smallest absolute Gasteiger partial charge is 0.270 e. The first-order valence-electron chi connectivity index (χ1n) is 9.83. The highest BCUT2D eigenvalue weighted by Crippen LogP contribution is 2.33. The molecule has 3 rings (SSSR count). The van der Waals surface area contributed by atoms with Crippen molar-refractivity contribution in [3.8, 4) is 28.4 Å². The second-order valence-corrected chi connectivity index (χ2v) is 6.77. The van der Waals surface area contributed by atoms with Crippen LogP contribution >= 0.6 is 0 Å². The highest BCUT2D eigenvalue weighted by Gasteiger charge is 2.20. The summed E-state index contributed by atoms with van der Waals surface area (Å²) in [5.74, 6) is 0.826. The van der Waals surface area contributed by atoms with Gasteiger partial charge in [0, 0.05) is 44.0 Å². The summed E-state index contributed by atoms with van der Waals surface area (Å²) < 4.78 is 17.2. The van der Waals surface area contributed by atoms with Crippen molar-refractivity contribution in [2.45, 2.75) is 6.42 Å². The van der Waals surface area contributed by atoms with E-state index in [9.17, 15) is 14.9 Å². The van der Waals surface area contributed by atoms with Gasteiger partial charge in [-0.25, -0.2) is 4.68 Å². The van der Waals surface area contributed by atoms with Crippen molar-refractivity contribution in [2.75, 3.05) is 34.5 Å². The molecule has 32 heavy (non-hydrogen) atoms. The fourth-order valence-electron chi connectivity index (χ4n) is 3.11. The molecule has 0 aliphatic heterocycles. The number of carbonyl (C=O) groups is 1. The maximum Gasteiger partial charge on any atom is 0.270 e. The lowest BCUT2D eigenvalue weighted by Crippen LogP contribution is -2.27. The lowest BCUT2D eigenvalue weighted by molar-refractivity contribution is -0.384. The molecule has 168 valence electrons. The van der Waals surface area contributed by atoms with E-state index in [4.69, 9.17) is 14.2 Å². The molecule has 1 aromatic heterocycles. The van der Waals surface area contributed by atoms with Gasteiger partial charge in [0.1, 0.15) is 17.2 Å². The van der Waals surface area contributed by atoms with Crippen LogP contribution in [0.2, 0.25) is 0 Å². The Hall–Kier alpha value is -3.92. The van der Waals surface area contributed by atoms with Crippen LogP contribution in [0.15, 0.2) is 48.5 Å². The molecule has 0 radical (unpaired) electrons. The van der Waals surface area contributed by atoms with Crippen LogP contribution in [-0.2, 0) is 4.74 Å². The third-order valence-corrected chi connectivity index (χ3v) is 4.74. The number of nitrogens with zero attached hydrogens (tertiary/aromatic N) is 3. The molecule has 1 amide bonds. The molecule has 0 unspecified atom stereocenters. The number of benzene rings is 2. The zero-order chi connectivity index (χ0) is 23.1. The standard InChI is InChI=1S/C22H24N4O6/c1-30-12-4-11-23-22(27)20-14-19(18-10-9-17(31-2)13-21(18)32-3)24-25(20)15-5-7-16(8-6-15)26(28)29/h5-10,13-14H,4,11-12H2,1-3H3,(H,23,27). The fourth-order valence-corrected chi connectivity index (χ4v) is 3.11. The summed E-state index contributed by atoms with van der Waals surface area (Å²) in [7, 11) is 4.69. The SMILES string of the molecule is COCCCNC(=O)c1cc(-c2ccc(OC)cc2OC)nn1-c1ccc([N+](=O)[O-])cc1. The number of aromatic nitrogens is 2. The Morgan fingerprint density at radius 2 is 1.84 bits per heavy atom. The first kappa shape index (κ1) is 22.8. The second kappa shape index (κ2) is 10.4. The van der Waals surface area contributed by atoms with E-state index in [1.165, 1.54) is 23.9 Å². The maximum absolute atomic E-state index is 12.9. The number of hydrogen-bond acceptors (Lipinski definition) is 7. The molecule has 0 saturated carbocycles. The van der Waals surface area contributed by atoms with E-state index < -0.39 is 4.92 Å². The summed E-state index contributed by atoms with van der Waals surface area (Å²) in [5, 5.41) is 18.4. The van der Waals surface area contributed by atoms with Crippen LogP contribution in [-0.4, -0.2) is 55.1 Å². The number of nitro groups is 1. The van der Waals surface area contributed by atoms with Crippen LogP contribution in [0.3, 0.4) is 0 Å². The van der Waals surface area contributed by atoms with Gasteiger partial charge in [0.25, 0.3) is 11.6 Å². The molecule has 0 aliphatic carbocycles. The van der Waals surface area contributed by atoms with E-state index in [1.54, 1.807) is 50.6 Å². The van der Waals surface area contributed by atoms with Crippen molar-refractivity contribution in [1.82, 2.24) is 15.1 Å². The van der Waals surface area contributed by atoms with Crippen molar-refractivity contribution in [3.63, 3.8) is 0 Å². The van der Waals surface area contributed by atoms with Crippen LogP contribution in [0.25, 0.3) is 16.9 Å². The van der Waals surface area contributed by atoms with Gasteiger partial charge >= 0.3 is 0 Å². The molecule has 0 spiro atoms. The van der Waals surface area contributed by atoms with Crippen molar-refractivity contribution in [3.05, 3.63) is 64.3 Å². The van der Waals surface area contributed by atoms with E-state index in [2.05, 4.69) is 10.4 Å². The number of non-ortho nitro benzene ring substituents is 1. The van der Waals surface area contributed by atoms with Gasteiger partial charge in [-0.2, -0.15) is 5.10 Å². The molecule has 1 N–H and O–H groups in total. The van der Waals surface area contributed by atoms with Gasteiger partial charge in [0.2, 0.25) is 0 Å². The van der Waals surface area contributed by atoms with E-state index >= 15 is 0 Å². The number of hydrogen-bond donors (Lipinski definition) is 1. The van der Waals surface area contributed by atoms with Gasteiger partial charge < -0.3 is 19.5 Å². The van der Waals surface area contributed by atoms with E-state index in [0.29, 0.717) is 48.0 Å². The Morgan fingerprint density at radius 3 is 2.47 bits per heavy atom. The van der Waals surface area contributed by atoms with Gasteiger partial charge in [-0.3, -0.25) is 14.9 Å². The summed E-state index contributed by atoms with van der Waals surface area (Å²) >= 11 is 0. The molecule has 1 heterocycles. The minimum absolute atomic E-state index is 0.0523. The van der Waals surface area contributed by atoms with Crippen LogP contribution in [0.1, 0.15) is 16.9 Å². The third kappa shape index (κ3) is 5.03. The highest BCUT2D eigenvalue weighted by molar-refractivity contribution is 5.94. The Bertz CT molecular complexity index is 1090. The van der Waals surface area contributed by atoms with Crippen molar-refractivity contribution in [2.24, 2.45) is 0 Å². The second-order valence-electron chi connectivity index (χ2n) is 6.77. The number of rotatable bonds is 10. The predicted octanol–water partition coefficient (Wildman–Crippen LogP) is 3.23. The molecule has 0 aliphatic rings. The van der Waals surface area contributed by atoms with Crippen LogP contribution in [0.5, 0.6) is 11.5 Å². The van der Waals surface area contributed by atoms with Crippen LogP contribution in [0, 0.1) is 10.1 Å². The highest BCUT2D eigenvalue weighted by atomic mass is 16.6. The van der Waals surface area contributed by atoms with E-state index in [0.717, 1.165) is 0 Å². The number of nitrogens with one attached hydrogen (secondary N) is 1. The summed E-state index contributed by atoms with van der Waals surface area (Å²) in [6.07, 6.45) is 0.660. The quantitative estimate of drug-likeness (QED) is 0.292. The molecule has 2 aromatic carbocycles. The molecule has 0 atom stereocenters. The van der Waals surface area contributed by atoms with Crippen LogP contribution < -0.4 is 14.8 Å². The number of ether oxygens (including phenoxy) is 3. The van der Waals surface area contributed by atoms with E-state index in [1.807, 2.05) is 0 Å². The van der Waals surface area contributed by atoms with Gasteiger partial charge in [-0.15, -0.1) is 0 Å². The van der Waals surface area contributed by atoms with Crippen molar-refractivity contribution >= 4 is 11.6 Å². The molecule has 0 bridgehead atoms. The molecule has 3 aromatic rings. The molecular weight excluding hydrogens is 416 g/mol. The zero-order valence-corrected chi connectivity index (χ0v) is 18.0. The lowest BCUT2D eigenvalue weighted by Gasteiger charge is -2.09. The average Bonchev–Trinajstić information content (AvgIpc) is 3.26. The first-order valence-corrected chi connectivity index (χ1v) is 9.83. The molecule has 0 saturated heterocycles. The van der Waals surface area contributed by atoms with Crippen molar-refractivity contribution in [1.29, 1.82) is 0 Å². The first-order chi connectivity index (χ1) is 15.5. The number of amides is 1. The van der Waals surface area contributed by atoms with Gasteiger partial charge in [0.15, 0.2) is 0 Å². The maximum atomic E-state index is 12.9. The predicted molar refractivity (Wildman–Crippen MR) is 118 cm³/mol. The Morgan fingerprint density at radius 1 is 1.09 bits per heavy atom. The minimum atomic E-state index is -0.482. The molecule has 10 nitrogen and oxygen atoms in total. The Kier molecular flexibility index (Phi) is 7.40. The largest absolute Gasteiger partial charge is 0.497 e. The topological polar surface area (TPSA) is 118 Å². The lowest BCUT2D eigenvalue weighted by atomic mass is 10.1. The van der Waals surface area contributed by atoms with E-state index in [-0.39, 0.29) is 17.3 Å². The summed E-state index contributed by atoms with van der Waals surface area (Å²) in [5.41, 5.74) is 1.91. The molecule has 10 heteroatoms. The minimum Gasteiger partial charge on any atom is -0.497 e. The average molecular weight is 440 g/mol. The molecule has 0 fully saturated rings. The number of carbonyl (C=O) groups excluding carboxylic acids is 1. The summed E-state index contributed by atoms with van der Waals surface area (Å²) in [6.45, 7) is 0.954. The zero-order valence-electron chi connectivity index (χ0n) is 18.0. The third-order valence-electron chi connectivity index (χ3n) is 4.74. The van der Waals surface area contributed by atoms with Crippen molar-refractivity contribution < 1.29 is 23.9 Å². The summed E-state index contributed by atoms with van der Waals surface area (Å²) in [4.78, 5) is 23.4. The Balaban J connectivity index is 2.03. The van der Waals surface area contributed by atoms with Gasteiger partial charge in [-0.05, 0) is 36.8 Å². The monoisotopic (exact) mass is 440 g/mol. The Labute approximate surface area is 184 Å². The molecular formula is C22H24N4O6. The number of methoxy groups -OCH3 is 3. The van der Waals surface area contributed by atoms with Gasteiger partial charge in [-0.1, -0.05) is 0 Å².